The van der Waals surface area contributed by atoms with Gasteiger partial charge >= 0.3 is 0 Å². The van der Waals surface area contributed by atoms with Crippen molar-refractivity contribution in [2.75, 3.05) is 18.0 Å². The van der Waals surface area contributed by atoms with Crippen molar-refractivity contribution in [3.63, 3.8) is 0 Å². The molecule has 3 aromatic rings. The number of aryl methyl sites for hydroxylation is 1. The van der Waals surface area contributed by atoms with E-state index in [1.807, 2.05) is 13.1 Å². The minimum absolute atomic E-state index is 0.0784. The molecule has 1 fully saturated rings. The van der Waals surface area contributed by atoms with Gasteiger partial charge in [0, 0.05) is 30.4 Å². The Bertz CT molecular complexity index is 1220. The lowest BCUT2D eigenvalue weighted by atomic mass is 9.59. The summed E-state index contributed by atoms with van der Waals surface area (Å²) in [4.78, 5) is 21.1. The highest BCUT2D eigenvalue weighted by molar-refractivity contribution is 5.67. The molecule has 2 aromatic heterocycles. The monoisotopic (exact) mass is 455 g/mol. The Balaban J connectivity index is 1.47. The van der Waals surface area contributed by atoms with Gasteiger partial charge in [-0.1, -0.05) is 53.7 Å². The summed E-state index contributed by atoms with van der Waals surface area (Å²) >= 11 is 0. The highest BCUT2D eigenvalue weighted by Gasteiger charge is 2.56. The van der Waals surface area contributed by atoms with Crippen LogP contribution in [0.5, 0.6) is 0 Å². The van der Waals surface area contributed by atoms with E-state index in [9.17, 15) is 0 Å². The van der Waals surface area contributed by atoms with Crippen LogP contribution in [0.15, 0.2) is 36.5 Å². The van der Waals surface area contributed by atoms with E-state index in [0.29, 0.717) is 5.82 Å². The molecule has 5 nitrogen and oxygen atoms in total. The maximum Gasteiger partial charge on any atom is 0.229 e. The molecule has 178 valence electrons. The molecule has 0 radical (unpaired) electrons. The minimum Gasteiger partial charge on any atom is -0.341 e. The molecule has 0 N–H and O–H groups in total. The van der Waals surface area contributed by atoms with E-state index >= 15 is 0 Å². The van der Waals surface area contributed by atoms with Gasteiger partial charge in [0.1, 0.15) is 5.82 Å². The Morgan fingerprint density at radius 3 is 2.09 bits per heavy atom. The van der Waals surface area contributed by atoms with Crippen LogP contribution in [0.3, 0.4) is 0 Å². The largest absolute Gasteiger partial charge is 0.341 e. The molecule has 0 bridgehead atoms. The summed E-state index contributed by atoms with van der Waals surface area (Å²) in [6.45, 7) is 18.3. The number of rotatable bonds is 3. The minimum atomic E-state index is 0.0784. The number of anilines is 1. The van der Waals surface area contributed by atoms with Gasteiger partial charge in [0.05, 0.1) is 5.69 Å². The first-order valence-electron chi connectivity index (χ1n) is 12.6. The third-order valence-corrected chi connectivity index (χ3v) is 9.18. The Morgan fingerprint density at radius 2 is 1.41 bits per heavy atom. The number of piperidine rings is 1. The number of hydrogen-bond acceptors (Lipinski definition) is 5. The summed E-state index contributed by atoms with van der Waals surface area (Å²) in [5.41, 5.74) is 6.30. The van der Waals surface area contributed by atoms with E-state index in [1.165, 1.54) is 30.4 Å². The van der Waals surface area contributed by atoms with Gasteiger partial charge in [0.25, 0.3) is 0 Å². The molecule has 0 amide bonds. The lowest BCUT2D eigenvalue weighted by Gasteiger charge is -2.44. The lowest BCUT2D eigenvalue weighted by Crippen LogP contribution is -2.42. The van der Waals surface area contributed by atoms with Crippen molar-refractivity contribution >= 4 is 5.95 Å². The zero-order valence-electron chi connectivity index (χ0n) is 21.7. The van der Waals surface area contributed by atoms with Gasteiger partial charge in [0.2, 0.25) is 5.95 Å². The molecule has 34 heavy (non-hydrogen) atoms. The second kappa shape index (κ2) is 7.86. The third-order valence-electron chi connectivity index (χ3n) is 9.18. The van der Waals surface area contributed by atoms with Gasteiger partial charge in [-0.05, 0) is 71.8 Å². The summed E-state index contributed by atoms with van der Waals surface area (Å²) < 4.78 is 0. The van der Waals surface area contributed by atoms with Gasteiger partial charge in [-0.2, -0.15) is 9.97 Å². The molecule has 1 saturated heterocycles. The Labute approximate surface area is 204 Å². The van der Waals surface area contributed by atoms with E-state index in [4.69, 9.17) is 9.97 Å². The molecule has 0 atom stereocenters. The fourth-order valence-electron chi connectivity index (χ4n) is 5.75. The van der Waals surface area contributed by atoms with E-state index < -0.39 is 0 Å². The number of fused-ring (bicyclic) bond motifs is 1. The van der Waals surface area contributed by atoms with E-state index in [0.717, 1.165) is 41.7 Å². The third kappa shape index (κ3) is 3.43. The molecule has 0 saturated carbocycles. The Kier molecular flexibility index (Phi) is 5.30. The van der Waals surface area contributed by atoms with Gasteiger partial charge in [0.15, 0.2) is 5.82 Å². The smallest absolute Gasteiger partial charge is 0.229 e. The van der Waals surface area contributed by atoms with Crippen molar-refractivity contribution < 1.29 is 0 Å². The topological polar surface area (TPSA) is 54.8 Å². The fourth-order valence-corrected chi connectivity index (χ4v) is 5.75. The predicted molar refractivity (Wildman–Crippen MR) is 139 cm³/mol. The summed E-state index contributed by atoms with van der Waals surface area (Å²) in [7, 11) is 0. The average molecular weight is 456 g/mol. The quantitative estimate of drug-likeness (QED) is 0.451. The molecule has 2 aliphatic rings. The van der Waals surface area contributed by atoms with Crippen molar-refractivity contribution in [3.8, 4) is 22.6 Å². The van der Waals surface area contributed by atoms with E-state index in [2.05, 4.69) is 86.7 Å². The number of nitrogens with zero attached hydrogens (tertiary/aromatic N) is 5. The molecule has 5 rings (SSSR count). The molecule has 3 heterocycles. The van der Waals surface area contributed by atoms with Crippen LogP contribution in [0, 0.1) is 12.3 Å². The normalized spacial score (nSPS) is 20.3. The van der Waals surface area contributed by atoms with Gasteiger partial charge < -0.3 is 4.90 Å². The van der Waals surface area contributed by atoms with Crippen molar-refractivity contribution in [2.24, 2.45) is 5.41 Å². The predicted octanol–water partition coefficient (Wildman–Crippen LogP) is 6.49. The standard InChI is InChI=1S/C29H37N5/c1-19-31-25(33-26(32-19)34-15-9-8-10-16-34)21-12-14-24(30-18-21)20-11-13-22-23(17-20)28(4,5)29(6,7)27(22,2)3/h11-14,17-18H,8-10,15-16H2,1-7H3. The molecule has 1 aromatic carbocycles. The van der Waals surface area contributed by atoms with Crippen LogP contribution in [0.4, 0.5) is 5.95 Å². The molecule has 1 aliphatic heterocycles. The van der Waals surface area contributed by atoms with Crippen LogP contribution in [-0.2, 0) is 10.8 Å². The van der Waals surface area contributed by atoms with Gasteiger partial charge in [-0.3, -0.25) is 4.98 Å². The zero-order valence-corrected chi connectivity index (χ0v) is 21.7. The molecular formula is C29H37N5. The molecular weight excluding hydrogens is 418 g/mol. The first-order valence-corrected chi connectivity index (χ1v) is 12.6. The first-order chi connectivity index (χ1) is 16.0. The number of pyridine rings is 1. The summed E-state index contributed by atoms with van der Waals surface area (Å²) in [5.74, 6) is 2.24. The van der Waals surface area contributed by atoms with Crippen molar-refractivity contribution in [2.45, 2.75) is 78.6 Å². The van der Waals surface area contributed by atoms with Crippen LogP contribution in [0.2, 0.25) is 0 Å². The highest BCUT2D eigenvalue weighted by atomic mass is 15.3. The van der Waals surface area contributed by atoms with Gasteiger partial charge in [-0.15, -0.1) is 0 Å². The summed E-state index contributed by atoms with van der Waals surface area (Å²) in [6.07, 6.45) is 5.58. The van der Waals surface area contributed by atoms with Crippen LogP contribution in [0.25, 0.3) is 22.6 Å². The number of benzene rings is 1. The second-order valence-corrected chi connectivity index (χ2v) is 11.6. The summed E-state index contributed by atoms with van der Waals surface area (Å²) in [6, 6.07) is 11.1. The SMILES string of the molecule is Cc1nc(-c2ccc(-c3ccc4c(c3)C(C)(C)C(C)(C)C4(C)C)nc2)nc(N2CCCCC2)n1. The van der Waals surface area contributed by atoms with Crippen LogP contribution in [-0.4, -0.2) is 33.0 Å². The fraction of sp³-hybridized carbons (Fsp3) is 0.517. The van der Waals surface area contributed by atoms with Crippen molar-refractivity contribution in [1.29, 1.82) is 0 Å². The Morgan fingerprint density at radius 1 is 0.735 bits per heavy atom. The van der Waals surface area contributed by atoms with E-state index in [-0.39, 0.29) is 16.2 Å². The Hall–Kier alpha value is -2.82. The maximum absolute atomic E-state index is 4.83. The molecule has 0 unspecified atom stereocenters. The zero-order chi connectivity index (χ0) is 24.3. The second-order valence-electron chi connectivity index (χ2n) is 11.6. The first kappa shape index (κ1) is 22.9. The summed E-state index contributed by atoms with van der Waals surface area (Å²) in [5, 5.41) is 0. The van der Waals surface area contributed by atoms with Crippen molar-refractivity contribution in [1.82, 2.24) is 19.9 Å². The van der Waals surface area contributed by atoms with Crippen LogP contribution >= 0.6 is 0 Å². The highest BCUT2D eigenvalue weighted by Crippen LogP contribution is 2.61. The van der Waals surface area contributed by atoms with Crippen molar-refractivity contribution in [3.05, 3.63) is 53.5 Å². The van der Waals surface area contributed by atoms with Gasteiger partial charge in [-0.25, -0.2) is 4.98 Å². The van der Waals surface area contributed by atoms with E-state index in [1.54, 1.807) is 0 Å². The average Bonchev–Trinajstić information content (AvgIpc) is 2.93. The molecule has 1 aliphatic carbocycles. The van der Waals surface area contributed by atoms with Crippen LogP contribution in [0.1, 0.15) is 77.8 Å². The van der Waals surface area contributed by atoms with Crippen LogP contribution < -0.4 is 4.90 Å². The number of aromatic nitrogens is 4. The maximum atomic E-state index is 4.83. The number of hydrogen-bond donors (Lipinski definition) is 0. The molecule has 0 spiro atoms. The lowest BCUT2D eigenvalue weighted by molar-refractivity contribution is 0.125. The molecule has 5 heteroatoms.